The standard InChI is InChI=1S/C16H22N4O2S2/c1-12(20-9-7-17-8-10-20)16-18-15(11-23-16)13-3-5-14(6-4-13)19-24(2,21)22/h3-6,11-12,17,19H,7-10H2,1-2H3. The van der Waals surface area contributed by atoms with E-state index in [9.17, 15) is 8.42 Å². The van der Waals surface area contributed by atoms with Gasteiger partial charge in [-0.3, -0.25) is 9.62 Å². The van der Waals surface area contributed by atoms with E-state index in [1.54, 1.807) is 23.5 Å². The van der Waals surface area contributed by atoms with Gasteiger partial charge in [-0.25, -0.2) is 13.4 Å². The molecule has 0 bridgehead atoms. The molecular formula is C16H22N4O2S2. The summed E-state index contributed by atoms with van der Waals surface area (Å²) >= 11 is 1.68. The lowest BCUT2D eigenvalue weighted by Crippen LogP contribution is -2.44. The van der Waals surface area contributed by atoms with E-state index in [0.29, 0.717) is 11.7 Å². The van der Waals surface area contributed by atoms with Gasteiger partial charge in [0.05, 0.1) is 18.0 Å². The minimum atomic E-state index is -3.25. The topological polar surface area (TPSA) is 74.3 Å². The van der Waals surface area contributed by atoms with Gasteiger partial charge in [0, 0.05) is 42.8 Å². The Labute approximate surface area is 147 Å². The maximum absolute atomic E-state index is 11.3. The highest BCUT2D eigenvalue weighted by atomic mass is 32.2. The Kier molecular flexibility index (Phi) is 5.19. The average Bonchev–Trinajstić information content (AvgIpc) is 3.04. The van der Waals surface area contributed by atoms with E-state index in [1.165, 1.54) is 0 Å². The zero-order chi connectivity index (χ0) is 17.2. The van der Waals surface area contributed by atoms with Gasteiger partial charge in [-0.2, -0.15) is 0 Å². The van der Waals surface area contributed by atoms with Crippen molar-refractivity contribution in [2.24, 2.45) is 0 Å². The van der Waals surface area contributed by atoms with Crippen molar-refractivity contribution >= 4 is 27.0 Å². The van der Waals surface area contributed by atoms with Crippen LogP contribution in [0.3, 0.4) is 0 Å². The maximum atomic E-state index is 11.3. The summed E-state index contributed by atoms with van der Waals surface area (Å²) in [5, 5.41) is 6.54. The van der Waals surface area contributed by atoms with Crippen LogP contribution < -0.4 is 10.0 Å². The number of anilines is 1. The quantitative estimate of drug-likeness (QED) is 0.848. The zero-order valence-corrected chi connectivity index (χ0v) is 15.5. The van der Waals surface area contributed by atoms with Gasteiger partial charge in [0.25, 0.3) is 0 Å². The fraction of sp³-hybridized carbons (Fsp3) is 0.438. The van der Waals surface area contributed by atoms with Crippen LogP contribution in [0, 0.1) is 0 Å². The van der Waals surface area contributed by atoms with E-state index >= 15 is 0 Å². The summed E-state index contributed by atoms with van der Waals surface area (Å²) < 4.78 is 25.0. The van der Waals surface area contributed by atoms with E-state index in [2.05, 4.69) is 27.2 Å². The molecule has 24 heavy (non-hydrogen) atoms. The van der Waals surface area contributed by atoms with Gasteiger partial charge in [0.15, 0.2) is 0 Å². The second-order valence-corrected chi connectivity index (χ2v) is 8.62. The number of benzene rings is 1. The van der Waals surface area contributed by atoms with Gasteiger partial charge >= 0.3 is 0 Å². The van der Waals surface area contributed by atoms with E-state index in [-0.39, 0.29) is 0 Å². The van der Waals surface area contributed by atoms with Crippen molar-refractivity contribution in [3.8, 4) is 11.3 Å². The normalized spacial score (nSPS) is 17.6. The molecule has 3 rings (SSSR count). The molecule has 0 saturated carbocycles. The molecule has 1 saturated heterocycles. The van der Waals surface area contributed by atoms with Gasteiger partial charge in [-0.15, -0.1) is 11.3 Å². The number of hydrogen-bond donors (Lipinski definition) is 2. The lowest BCUT2D eigenvalue weighted by molar-refractivity contribution is 0.185. The first kappa shape index (κ1) is 17.3. The van der Waals surface area contributed by atoms with Crippen LogP contribution in [0.1, 0.15) is 18.0 Å². The van der Waals surface area contributed by atoms with Crippen molar-refractivity contribution in [2.45, 2.75) is 13.0 Å². The maximum Gasteiger partial charge on any atom is 0.229 e. The first-order chi connectivity index (χ1) is 11.4. The molecule has 1 aliphatic rings. The molecule has 1 atom stereocenters. The van der Waals surface area contributed by atoms with Gasteiger partial charge in [-0.05, 0) is 19.1 Å². The van der Waals surface area contributed by atoms with Gasteiger partial charge in [-0.1, -0.05) is 12.1 Å². The lowest BCUT2D eigenvalue weighted by atomic mass is 10.1. The van der Waals surface area contributed by atoms with Crippen molar-refractivity contribution in [3.63, 3.8) is 0 Å². The molecular weight excluding hydrogens is 344 g/mol. The van der Waals surface area contributed by atoms with Crippen LogP contribution in [0.2, 0.25) is 0 Å². The summed E-state index contributed by atoms with van der Waals surface area (Å²) in [7, 11) is -3.25. The Hall–Kier alpha value is -1.48. The smallest absolute Gasteiger partial charge is 0.229 e. The number of nitrogens with zero attached hydrogens (tertiary/aromatic N) is 2. The van der Waals surface area contributed by atoms with E-state index in [0.717, 1.165) is 48.7 Å². The van der Waals surface area contributed by atoms with Crippen LogP contribution in [-0.4, -0.2) is 50.7 Å². The third-order valence-electron chi connectivity index (χ3n) is 4.06. The summed E-state index contributed by atoms with van der Waals surface area (Å²) in [6.45, 7) is 6.34. The highest BCUT2D eigenvalue weighted by Crippen LogP contribution is 2.29. The molecule has 2 aromatic rings. The molecule has 0 spiro atoms. The Morgan fingerprint density at radius 1 is 1.25 bits per heavy atom. The van der Waals surface area contributed by atoms with E-state index in [4.69, 9.17) is 4.98 Å². The summed E-state index contributed by atoms with van der Waals surface area (Å²) in [6, 6.07) is 7.62. The summed E-state index contributed by atoms with van der Waals surface area (Å²) in [5.41, 5.74) is 2.48. The highest BCUT2D eigenvalue weighted by molar-refractivity contribution is 7.92. The van der Waals surface area contributed by atoms with Gasteiger partial charge in [0.1, 0.15) is 5.01 Å². The molecule has 1 fully saturated rings. The van der Waals surface area contributed by atoms with Crippen molar-refractivity contribution in [3.05, 3.63) is 34.7 Å². The molecule has 1 aliphatic heterocycles. The number of nitrogens with one attached hydrogen (secondary N) is 2. The minimum Gasteiger partial charge on any atom is -0.314 e. The third-order valence-corrected chi connectivity index (χ3v) is 5.68. The minimum absolute atomic E-state index is 0.317. The predicted molar refractivity (Wildman–Crippen MR) is 98.9 cm³/mol. The molecule has 1 aromatic carbocycles. The summed E-state index contributed by atoms with van der Waals surface area (Å²) in [5.74, 6) is 0. The first-order valence-electron chi connectivity index (χ1n) is 7.91. The van der Waals surface area contributed by atoms with Crippen LogP contribution >= 0.6 is 11.3 Å². The Morgan fingerprint density at radius 2 is 1.92 bits per heavy atom. The lowest BCUT2D eigenvalue weighted by Gasteiger charge is -2.31. The number of thiazole rings is 1. The molecule has 6 nitrogen and oxygen atoms in total. The van der Waals surface area contributed by atoms with Crippen molar-refractivity contribution < 1.29 is 8.42 Å². The monoisotopic (exact) mass is 366 g/mol. The zero-order valence-electron chi connectivity index (χ0n) is 13.8. The van der Waals surface area contributed by atoms with Crippen LogP contribution in [0.15, 0.2) is 29.6 Å². The summed E-state index contributed by atoms with van der Waals surface area (Å²) in [6.07, 6.45) is 1.14. The number of sulfonamides is 1. The Balaban J connectivity index is 1.73. The molecule has 2 N–H and O–H groups in total. The van der Waals surface area contributed by atoms with Crippen LogP contribution in [0.5, 0.6) is 0 Å². The molecule has 2 heterocycles. The van der Waals surface area contributed by atoms with E-state index < -0.39 is 10.0 Å². The summed E-state index contributed by atoms with van der Waals surface area (Å²) in [4.78, 5) is 7.22. The number of rotatable bonds is 5. The van der Waals surface area contributed by atoms with Gasteiger partial charge < -0.3 is 5.32 Å². The molecule has 0 aliphatic carbocycles. The van der Waals surface area contributed by atoms with Crippen LogP contribution in [0.4, 0.5) is 5.69 Å². The second kappa shape index (κ2) is 7.18. The largest absolute Gasteiger partial charge is 0.314 e. The molecule has 0 amide bonds. The molecule has 8 heteroatoms. The second-order valence-electron chi connectivity index (χ2n) is 5.98. The predicted octanol–water partition coefficient (Wildman–Crippen LogP) is 2.15. The van der Waals surface area contributed by atoms with Crippen molar-refractivity contribution in [1.82, 2.24) is 15.2 Å². The van der Waals surface area contributed by atoms with Crippen LogP contribution in [-0.2, 0) is 10.0 Å². The Morgan fingerprint density at radius 3 is 2.54 bits per heavy atom. The van der Waals surface area contributed by atoms with Gasteiger partial charge in [0.2, 0.25) is 10.0 Å². The number of hydrogen-bond acceptors (Lipinski definition) is 6. The molecule has 1 unspecified atom stereocenters. The molecule has 1 aromatic heterocycles. The van der Waals surface area contributed by atoms with Crippen molar-refractivity contribution in [2.75, 3.05) is 37.2 Å². The number of piperazine rings is 1. The number of aromatic nitrogens is 1. The van der Waals surface area contributed by atoms with Crippen LogP contribution in [0.25, 0.3) is 11.3 Å². The molecule has 0 radical (unpaired) electrons. The Bertz CT molecular complexity index is 781. The third kappa shape index (κ3) is 4.32. The fourth-order valence-electron chi connectivity index (χ4n) is 2.76. The van der Waals surface area contributed by atoms with Crippen molar-refractivity contribution in [1.29, 1.82) is 0 Å². The SMILES string of the molecule is CC(c1nc(-c2ccc(NS(C)(=O)=O)cc2)cs1)N1CCNCC1. The fourth-order valence-corrected chi connectivity index (χ4v) is 4.24. The highest BCUT2D eigenvalue weighted by Gasteiger charge is 2.20. The average molecular weight is 367 g/mol. The molecule has 130 valence electrons. The first-order valence-corrected chi connectivity index (χ1v) is 10.7. The van der Waals surface area contributed by atoms with E-state index in [1.807, 2.05) is 12.1 Å².